The number of carbonyl (C=O) groups is 2. The Balaban J connectivity index is 1.49. The first-order valence-electron chi connectivity index (χ1n) is 10.2. The summed E-state index contributed by atoms with van der Waals surface area (Å²) in [6.45, 7) is 1.35. The lowest BCUT2D eigenvalue weighted by Crippen LogP contribution is -2.55. The average molecular weight is 486 g/mol. The maximum atomic E-state index is 12.6. The molecule has 3 rings (SSSR count). The molecule has 0 saturated carbocycles. The molecule has 1 aliphatic rings. The van der Waals surface area contributed by atoms with E-state index in [-0.39, 0.29) is 19.6 Å². The quantitative estimate of drug-likeness (QED) is 0.582. The second kappa shape index (κ2) is 10.4. The summed E-state index contributed by atoms with van der Waals surface area (Å²) in [7, 11) is 0. The number of hydrogen-bond donors (Lipinski definition) is 3. The molecule has 2 atom stereocenters. The number of hydrogen-bond acceptors (Lipinski definition) is 5. The summed E-state index contributed by atoms with van der Waals surface area (Å²) in [6, 6.07) is 11.4. The lowest BCUT2D eigenvalue weighted by atomic mass is 10.1. The van der Waals surface area contributed by atoms with E-state index < -0.39 is 35.8 Å². The third-order valence-electron chi connectivity index (χ3n) is 5.33. The van der Waals surface area contributed by atoms with Crippen molar-refractivity contribution in [2.45, 2.75) is 24.9 Å². The molecule has 1 fully saturated rings. The first-order valence-corrected chi connectivity index (χ1v) is 10.5. The average Bonchev–Trinajstić information content (AvgIpc) is 2.81. The molecule has 0 spiro atoms. The van der Waals surface area contributed by atoms with Crippen LogP contribution in [0.1, 0.15) is 11.1 Å². The van der Waals surface area contributed by atoms with Crippen LogP contribution in [0.25, 0.3) is 0 Å². The third kappa shape index (κ3) is 6.37. The fourth-order valence-electron chi connectivity index (χ4n) is 3.43. The largest absolute Gasteiger partial charge is 0.416 e. The molecule has 3 N–H and O–H groups in total. The van der Waals surface area contributed by atoms with Gasteiger partial charge in [-0.25, -0.2) is 0 Å². The van der Waals surface area contributed by atoms with E-state index in [1.54, 1.807) is 12.1 Å². The summed E-state index contributed by atoms with van der Waals surface area (Å²) >= 11 is 6.00. The maximum absolute atomic E-state index is 12.6. The normalized spacial score (nSPS) is 16.3. The summed E-state index contributed by atoms with van der Waals surface area (Å²) in [5.41, 5.74) is 0.438. The van der Waals surface area contributed by atoms with Gasteiger partial charge in [0.15, 0.2) is 12.2 Å². The van der Waals surface area contributed by atoms with Gasteiger partial charge in [0.25, 0.3) is 11.8 Å². The van der Waals surface area contributed by atoms with Crippen LogP contribution in [0.5, 0.6) is 0 Å². The molecule has 1 aliphatic heterocycles. The maximum Gasteiger partial charge on any atom is 0.416 e. The van der Waals surface area contributed by atoms with Crippen molar-refractivity contribution < 1.29 is 33.0 Å². The van der Waals surface area contributed by atoms with Crippen LogP contribution in [-0.4, -0.2) is 65.3 Å². The van der Waals surface area contributed by atoms with Crippen LogP contribution < -0.4 is 10.2 Å². The van der Waals surface area contributed by atoms with Gasteiger partial charge in [0.1, 0.15) is 0 Å². The number of nitrogens with zero attached hydrogens (tertiary/aromatic N) is 2. The van der Waals surface area contributed by atoms with Crippen LogP contribution in [0.15, 0.2) is 48.5 Å². The Hall–Kier alpha value is -2.82. The second-order valence-electron chi connectivity index (χ2n) is 7.59. The van der Waals surface area contributed by atoms with Gasteiger partial charge < -0.3 is 25.3 Å². The van der Waals surface area contributed by atoms with Gasteiger partial charge in [-0.15, -0.1) is 0 Å². The minimum atomic E-state index is -4.47. The molecule has 1 saturated heterocycles. The number of benzene rings is 2. The van der Waals surface area contributed by atoms with Gasteiger partial charge in [0.2, 0.25) is 0 Å². The smallest absolute Gasteiger partial charge is 0.380 e. The Labute approximate surface area is 193 Å². The van der Waals surface area contributed by atoms with E-state index >= 15 is 0 Å². The minimum Gasteiger partial charge on any atom is -0.380 e. The molecule has 2 aromatic rings. The molecule has 11 heteroatoms. The van der Waals surface area contributed by atoms with Crippen molar-refractivity contribution in [3.05, 3.63) is 64.7 Å². The van der Waals surface area contributed by atoms with Gasteiger partial charge in [-0.3, -0.25) is 9.59 Å². The lowest BCUT2D eigenvalue weighted by Gasteiger charge is -2.37. The van der Waals surface area contributed by atoms with Crippen molar-refractivity contribution in [3.8, 4) is 0 Å². The molecular weight excluding hydrogens is 463 g/mol. The number of alkyl halides is 3. The number of aliphatic hydroxyl groups excluding tert-OH is 2. The van der Waals surface area contributed by atoms with Crippen LogP contribution in [-0.2, 0) is 22.3 Å². The van der Waals surface area contributed by atoms with Crippen molar-refractivity contribution in [1.29, 1.82) is 0 Å². The molecule has 1 unspecified atom stereocenters. The first-order chi connectivity index (χ1) is 15.6. The zero-order valence-corrected chi connectivity index (χ0v) is 18.2. The first kappa shape index (κ1) is 24.8. The van der Waals surface area contributed by atoms with E-state index in [1.807, 2.05) is 17.0 Å². The van der Waals surface area contributed by atoms with E-state index in [4.69, 9.17) is 11.6 Å². The van der Waals surface area contributed by atoms with Crippen LogP contribution in [0, 0.1) is 0 Å². The Morgan fingerprint density at radius 1 is 1.00 bits per heavy atom. The molecule has 2 amide bonds. The highest BCUT2D eigenvalue weighted by Gasteiger charge is 2.34. The fourth-order valence-corrected chi connectivity index (χ4v) is 3.61. The van der Waals surface area contributed by atoms with E-state index in [0.29, 0.717) is 23.7 Å². The number of halogens is 4. The highest BCUT2D eigenvalue weighted by molar-refractivity contribution is 6.30. The molecule has 0 bridgehead atoms. The van der Waals surface area contributed by atoms with Crippen molar-refractivity contribution in [2.75, 3.05) is 31.1 Å². The predicted octanol–water partition coefficient (Wildman–Crippen LogP) is 2.05. The summed E-state index contributed by atoms with van der Waals surface area (Å²) in [6.07, 6.45) is -8.45. The van der Waals surface area contributed by atoms with Gasteiger partial charge >= 0.3 is 6.18 Å². The van der Waals surface area contributed by atoms with Gasteiger partial charge in [-0.05, 0) is 35.9 Å². The number of piperazine rings is 1. The highest BCUT2D eigenvalue weighted by atomic mass is 35.5. The molecule has 0 radical (unpaired) electrons. The SMILES string of the molecule is O=C(NCc1ccc(C(F)(F)F)cc1)[C@H](O)C(O)C(=O)N1CCN(c2cccc(Cl)c2)CC1. The van der Waals surface area contributed by atoms with Crippen molar-refractivity contribution in [1.82, 2.24) is 10.2 Å². The molecule has 7 nitrogen and oxygen atoms in total. The molecule has 33 heavy (non-hydrogen) atoms. The second-order valence-corrected chi connectivity index (χ2v) is 8.03. The Bertz CT molecular complexity index is 980. The molecule has 0 aliphatic carbocycles. The minimum absolute atomic E-state index is 0.173. The predicted molar refractivity (Wildman–Crippen MR) is 116 cm³/mol. The van der Waals surface area contributed by atoms with Crippen molar-refractivity contribution in [2.24, 2.45) is 0 Å². The number of rotatable bonds is 6. The fraction of sp³-hybridized carbons (Fsp3) is 0.364. The van der Waals surface area contributed by atoms with Gasteiger partial charge in [0.05, 0.1) is 5.56 Å². The molecule has 178 valence electrons. The number of amides is 2. The van der Waals surface area contributed by atoms with Crippen LogP contribution in [0.4, 0.5) is 18.9 Å². The Morgan fingerprint density at radius 3 is 2.21 bits per heavy atom. The molecular formula is C22H23ClF3N3O4. The molecule has 1 heterocycles. The lowest BCUT2D eigenvalue weighted by molar-refractivity contribution is -0.153. The van der Waals surface area contributed by atoms with Crippen LogP contribution in [0.2, 0.25) is 5.02 Å². The zero-order valence-electron chi connectivity index (χ0n) is 17.4. The number of anilines is 1. The standard InChI is InChI=1S/C22H23ClF3N3O4/c23-16-2-1-3-17(12-16)28-8-10-29(11-9-28)21(33)19(31)18(30)20(32)27-13-14-4-6-15(7-5-14)22(24,25)26/h1-7,12,18-19,30-31H,8-11,13H2,(H,27,32)/t18-,19?/m1/s1. The monoisotopic (exact) mass is 485 g/mol. The summed E-state index contributed by atoms with van der Waals surface area (Å²) in [5.74, 6) is -1.79. The van der Waals surface area contributed by atoms with E-state index in [0.717, 1.165) is 17.8 Å². The number of carbonyl (C=O) groups excluding carboxylic acids is 2. The van der Waals surface area contributed by atoms with E-state index in [1.165, 1.54) is 17.0 Å². The topological polar surface area (TPSA) is 93.1 Å². The van der Waals surface area contributed by atoms with E-state index in [9.17, 15) is 33.0 Å². The van der Waals surface area contributed by atoms with E-state index in [2.05, 4.69) is 5.32 Å². The van der Waals surface area contributed by atoms with Crippen molar-refractivity contribution in [3.63, 3.8) is 0 Å². The highest BCUT2D eigenvalue weighted by Crippen LogP contribution is 2.29. The van der Waals surface area contributed by atoms with Gasteiger partial charge in [-0.1, -0.05) is 29.8 Å². The summed E-state index contributed by atoms with van der Waals surface area (Å²) in [4.78, 5) is 28.1. The zero-order chi connectivity index (χ0) is 24.2. The Kier molecular flexibility index (Phi) is 7.83. The Morgan fingerprint density at radius 2 is 1.64 bits per heavy atom. The van der Waals surface area contributed by atoms with Crippen molar-refractivity contribution >= 4 is 29.1 Å². The van der Waals surface area contributed by atoms with Crippen LogP contribution >= 0.6 is 11.6 Å². The van der Waals surface area contributed by atoms with Gasteiger partial charge in [0, 0.05) is 43.4 Å². The third-order valence-corrected chi connectivity index (χ3v) is 5.57. The van der Waals surface area contributed by atoms with Gasteiger partial charge in [-0.2, -0.15) is 13.2 Å². The van der Waals surface area contributed by atoms with Crippen LogP contribution in [0.3, 0.4) is 0 Å². The summed E-state index contributed by atoms with van der Waals surface area (Å²) < 4.78 is 37.8. The molecule has 2 aromatic carbocycles. The number of nitrogens with one attached hydrogen (secondary N) is 1. The summed E-state index contributed by atoms with van der Waals surface area (Å²) in [5, 5.41) is 23.2. The number of aliphatic hydroxyl groups is 2. The molecule has 0 aromatic heterocycles.